The summed E-state index contributed by atoms with van der Waals surface area (Å²) >= 11 is 0. The third-order valence-corrected chi connectivity index (χ3v) is 3.08. The Bertz CT molecular complexity index is 374. The Morgan fingerprint density at radius 3 is 2.67 bits per heavy atom. The number of aromatic amines is 2. The first-order valence-electron chi connectivity index (χ1n) is 5.33. The number of aliphatic hydroxyl groups is 1. The van der Waals surface area contributed by atoms with Crippen LogP contribution in [0.4, 0.5) is 0 Å². The second kappa shape index (κ2) is 4.20. The van der Waals surface area contributed by atoms with E-state index < -0.39 is 0 Å². The van der Waals surface area contributed by atoms with Crippen molar-refractivity contribution in [3.63, 3.8) is 0 Å². The average Bonchev–Trinajstić information content (AvgIpc) is 2.58. The fourth-order valence-electron chi connectivity index (χ4n) is 2.15. The molecule has 1 saturated heterocycles. The van der Waals surface area contributed by atoms with Crippen LogP contribution in [0.25, 0.3) is 0 Å². The first-order valence-corrected chi connectivity index (χ1v) is 5.33. The summed E-state index contributed by atoms with van der Waals surface area (Å²) in [6.07, 6.45) is 1.96. The summed E-state index contributed by atoms with van der Waals surface area (Å²) in [6, 6.07) is 0.215. The molecule has 0 aliphatic carbocycles. The zero-order chi connectivity index (χ0) is 10.8. The molecule has 1 aliphatic heterocycles. The molecule has 4 N–H and O–H groups in total. The highest BCUT2D eigenvalue weighted by Gasteiger charge is 2.23. The van der Waals surface area contributed by atoms with E-state index in [9.17, 15) is 4.79 Å². The van der Waals surface area contributed by atoms with E-state index in [0.717, 1.165) is 30.8 Å². The fraction of sp³-hybridized carbons (Fsp3) is 0.700. The topological polar surface area (TPSA) is 80.9 Å². The van der Waals surface area contributed by atoms with Gasteiger partial charge in [-0.15, -0.1) is 0 Å². The first-order chi connectivity index (χ1) is 7.20. The van der Waals surface area contributed by atoms with Gasteiger partial charge in [0.25, 0.3) is 0 Å². The molecular formula is C10H17N3O2. The van der Waals surface area contributed by atoms with Gasteiger partial charge in [-0.25, -0.2) is 4.79 Å². The van der Waals surface area contributed by atoms with Crippen LogP contribution in [-0.2, 0) is 0 Å². The Balaban J connectivity index is 2.07. The molecule has 2 rings (SSSR count). The molecule has 0 bridgehead atoms. The van der Waals surface area contributed by atoms with Gasteiger partial charge in [0.15, 0.2) is 0 Å². The van der Waals surface area contributed by atoms with Crippen molar-refractivity contribution in [3.8, 4) is 0 Å². The number of aromatic nitrogens is 2. The van der Waals surface area contributed by atoms with E-state index in [1.54, 1.807) is 0 Å². The number of rotatable bonds is 2. The van der Waals surface area contributed by atoms with Crippen LogP contribution in [0.15, 0.2) is 4.79 Å². The van der Waals surface area contributed by atoms with E-state index in [0.29, 0.717) is 5.92 Å². The van der Waals surface area contributed by atoms with E-state index in [2.05, 4.69) is 15.3 Å². The van der Waals surface area contributed by atoms with Gasteiger partial charge in [0.2, 0.25) is 0 Å². The summed E-state index contributed by atoms with van der Waals surface area (Å²) in [5.41, 5.74) is 1.71. The maximum Gasteiger partial charge on any atom is 0.323 e. The minimum Gasteiger partial charge on any atom is -0.396 e. The van der Waals surface area contributed by atoms with Crippen molar-refractivity contribution >= 4 is 0 Å². The van der Waals surface area contributed by atoms with Crippen LogP contribution < -0.4 is 11.0 Å². The van der Waals surface area contributed by atoms with Gasteiger partial charge in [0.05, 0.1) is 5.69 Å². The molecule has 2 unspecified atom stereocenters. The van der Waals surface area contributed by atoms with E-state index in [1.807, 2.05) is 6.92 Å². The summed E-state index contributed by atoms with van der Waals surface area (Å²) in [6.45, 7) is 2.95. The van der Waals surface area contributed by atoms with Crippen molar-refractivity contribution in [3.05, 3.63) is 21.9 Å². The Morgan fingerprint density at radius 2 is 2.20 bits per heavy atom. The van der Waals surface area contributed by atoms with Crippen molar-refractivity contribution < 1.29 is 5.11 Å². The highest BCUT2D eigenvalue weighted by Crippen LogP contribution is 2.24. The number of hydrogen-bond acceptors (Lipinski definition) is 3. The number of aryl methyl sites for hydroxylation is 1. The van der Waals surface area contributed by atoms with E-state index >= 15 is 0 Å². The molecule has 1 aromatic heterocycles. The minimum absolute atomic E-state index is 0.145. The number of hydrogen-bond donors (Lipinski definition) is 4. The van der Waals surface area contributed by atoms with Crippen molar-refractivity contribution in [1.29, 1.82) is 0 Å². The van der Waals surface area contributed by atoms with E-state index in [1.165, 1.54) is 0 Å². The van der Waals surface area contributed by atoms with Crippen molar-refractivity contribution in [2.45, 2.75) is 25.8 Å². The highest BCUT2D eigenvalue weighted by molar-refractivity contribution is 5.14. The second-order valence-electron chi connectivity index (χ2n) is 4.20. The average molecular weight is 211 g/mol. The maximum absolute atomic E-state index is 11.1. The third-order valence-electron chi connectivity index (χ3n) is 3.08. The van der Waals surface area contributed by atoms with E-state index in [-0.39, 0.29) is 18.3 Å². The lowest BCUT2D eigenvalue weighted by Crippen LogP contribution is -2.35. The zero-order valence-electron chi connectivity index (χ0n) is 8.84. The van der Waals surface area contributed by atoms with Crippen molar-refractivity contribution in [2.24, 2.45) is 5.92 Å². The van der Waals surface area contributed by atoms with Gasteiger partial charge in [-0.05, 0) is 25.7 Å². The summed E-state index contributed by atoms with van der Waals surface area (Å²) in [4.78, 5) is 16.6. The zero-order valence-corrected chi connectivity index (χ0v) is 8.84. The maximum atomic E-state index is 11.1. The normalized spacial score (nSPS) is 26.8. The lowest BCUT2D eigenvalue weighted by atomic mass is 9.93. The monoisotopic (exact) mass is 211 g/mol. The van der Waals surface area contributed by atoms with Crippen LogP contribution >= 0.6 is 0 Å². The summed E-state index contributed by atoms with van der Waals surface area (Å²) in [7, 11) is 0. The van der Waals surface area contributed by atoms with Gasteiger partial charge in [-0.1, -0.05) is 0 Å². The molecule has 15 heavy (non-hydrogen) atoms. The fourth-order valence-corrected chi connectivity index (χ4v) is 2.15. The Kier molecular flexibility index (Phi) is 2.93. The predicted octanol–water partition coefficient (Wildman–Crippen LogP) is 0.0444. The molecule has 0 radical (unpaired) electrons. The standard InChI is InChI=1S/C10H17N3O2/c1-6-9(13-10(15)12-6)8-3-2-7(5-14)4-11-8/h7-8,11,14H,2-5H2,1H3,(H2,12,13,15). The Morgan fingerprint density at radius 1 is 1.40 bits per heavy atom. The molecule has 2 atom stereocenters. The van der Waals surface area contributed by atoms with Crippen LogP contribution in [0.5, 0.6) is 0 Å². The molecule has 1 aliphatic rings. The van der Waals surface area contributed by atoms with Crippen LogP contribution in [0, 0.1) is 12.8 Å². The van der Waals surface area contributed by atoms with Crippen LogP contribution in [-0.4, -0.2) is 28.2 Å². The van der Waals surface area contributed by atoms with Gasteiger partial charge in [0.1, 0.15) is 0 Å². The largest absolute Gasteiger partial charge is 0.396 e. The van der Waals surface area contributed by atoms with Gasteiger partial charge < -0.3 is 20.4 Å². The number of H-pyrrole nitrogens is 2. The molecule has 1 aromatic rings. The SMILES string of the molecule is Cc1[nH]c(=O)[nH]c1C1CCC(CO)CN1. The molecule has 0 saturated carbocycles. The summed E-state index contributed by atoms with van der Waals surface area (Å²) in [5.74, 6) is 0.354. The first kappa shape index (κ1) is 10.4. The molecule has 5 nitrogen and oxygen atoms in total. The quantitative estimate of drug-likeness (QED) is 0.557. The van der Waals surface area contributed by atoms with Gasteiger partial charge in [-0.2, -0.15) is 0 Å². The molecular weight excluding hydrogens is 194 g/mol. The Labute approximate surface area is 87.9 Å². The molecule has 84 valence electrons. The molecule has 0 aromatic carbocycles. The van der Waals surface area contributed by atoms with Gasteiger partial charge in [-0.3, -0.25) is 0 Å². The molecule has 0 spiro atoms. The van der Waals surface area contributed by atoms with Gasteiger partial charge in [0, 0.05) is 24.9 Å². The molecule has 2 heterocycles. The second-order valence-corrected chi connectivity index (χ2v) is 4.20. The van der Waals surface area contributed by atoms with Crippen LogP contribution in [0.1, 0.15) is 30.3 Å². The Hall–Kier alpha value is -1.07. The van der Waals surface area contributed by atoms with Crippen molar-refractivity contribution in [1.82, 2.24) is 15.3 Å². The highest BCUT2D eigenvalue weighted by atomic mass is 16.3. The molecule has 0 amide bonds. The minimum atomic E-state index is -0.145. The van der Waals surface area contributed by atoms with Crippen LogP contribution in [0.2, 0.25) is 0 Å². The third kappa shape index (κ3) is 2.13. The smallest absolute Gasteiger partial charge is 0.323 e. The lowest BCUT2D eigenvalue weighted by molar-refractivity contribution is 0.183. The van der Waals surface area contributed by atoms with Gasteiger partial charge >= 0.3 is 5.69 Å². The summed E-state index contributed by atoms with van der Waals surface area (Å²) in [5, 5.41) is 12.3. The number of piperidine rings is 1. The number of imidazole rings is 1. The van der Waals surface area contributed by atoms with E-state index in [4.69, 9.17) is 5.11 Å². The number of nitrogens with one attached hydrogen (secondary N) is 3. The summed E-state index contributed by atoms with van der Waals surface area (Å²) < 4.78 is 0. The van der Waals surface area contributed by atoms with Crippen molar-refractivity contribution in [2.75, 3.05) is 13.2 Å². The van der Waals surface area contributed by atoms with Crippen LogP contribution in [0.3, 0.4) is 0 Å². The lowest BCUT2D eigenvalue weighted by Gasteiger charge is -2.28. The molecule has 1 fully saturated rings. The molecule has 5 heteroatoms. The predicted molar refractivity (Wildman–Crippen MR) is 56.7 cm³/mol. The number of aliphatic hydroxyl groups excluding tert-OH is 1.